The number of carbonyl (C=O) groups is 6. The number of fused-ring (bicyclic) bond motifs is 1. The summed E-state index contributed by atoms with van der Waals surface area (Å²) in [5.74, 6) is -3.45. The van der Waals surface area contributed by atoms with E-state index in [0.717, 1.165) is 18.4 Å². The fourth-order valence-electron chi connectivity index (χ4n) is 6.85. The zero-order valence-electron chi connectivity index (χ0n) is 30.6. The molecule has 0 radical (unpaired) electrons. The molecule has 12 heteroatoms. The van der Waals surface area contributed by atoms with Gasteiger partial charge in [0.2, 0.25) is 17.6 Å². The number of nitrogens with zero attached hydrogens (tertiary/aromatic N) is 1. The van der Waals surface area contributed by atoms with Gasteiger partial charge in [-0.3, -0.25) is 24.0 Å². The van der Waals surface area contributed by atoms with Crippen LogP contribution >= 0.6 is 0 Å². The highest BCUT2D eigenvalue weighted by Gasteiger charge is 2.70. The summed E-state index contributed by atoms with van der Waals surface area (Å²) in [6, 6.07) is 6.14. The Hall–Kier alpha value is -3.96. The molecule has 2 aliphatic carbocycles. The summed E-state index contributed by atoms with van der Waals surface area (Å²) in [4.78, 5) is 81.6. The van der Waals surface area contributed by atoms with Crippen molar-refractivity contribution in [2.24, 2.45) is 28.6 Å². The van der Waals surface area contributed by atoms with Gasteiger partial charge in [-0.25, -0.2) is 4.79 Å². The summed E-state index contributed by atoms with van der Waals surface area (Å²) in [6.45, 7) is 18.0. The molecule has 3 aliphatic rings. The Kier molecular flexibility index (Phi) is 10.6. The fourth-order valence-corrected chi connectivity index (χ4v) is 6.85. The second kappa shape index (κ2) is 13.7. The Morgan fingerprint density at radius 3 is 2.06 bits per heavy atom. The topological polar surface area (TPSA) is 160 Å². The van der Waals surface area contributed by atoms with Crippen LogP contribution in [0.2, 0.25) is 0 Å². The maximum Gasteiger partial charge on any atom is 0.408 e. The van der Waals surface area contributed by atoms with Crippen molar-refractivity contribution in [3.63, 3.8) is 0 Å². The average molecular weight is 683 g/mol. The first kappa shape index (κ1) is 37.9. The number of amides is 4. The Bertz CT molecular complexity index is 1450. The lowest BCUT2D eigenvalue weighted by molar-refractivity contribution is -0.157. The smallest absolute Gasteiger partial charge is 0.408 e. The lowest BCUT2D eigenvalue weighted by Crippen LogP contribution is -2.61. The molecular weight excluding hydrogens is 628 g/mol. The summed E-state index contributed by atoms with van der Waals surface area (Å²) in [5.41, 5.74) is -1.88. The second-order valence-corrected chi connectivity index (χ2v) is 17.0. The van der Waals surface area contributed by atoms with Crippen molar-refractivity contribution in [2.45, 2.75) is 118 Å². The van der Waals surface area contributed by atoms with Gasteiger partial charge in [-0.05, 0) is 75.2 Å². The third-order valence-corrected chi connectivity index (χ3v) is 9.89. The van der Waals surface area contributed by atoms with Crippen molar-refractivity contribution in [3.8, 4) is 0 Å². The van der Waals surface area contributed by atoms with Gasteiger partial charge >= 0.3 is 12.1 Å². The van der Waals surface area contributed by atoms with E-state index >= 15 is 0 Å². The van der Waals surface area contributed by atoms with Crippen LogP contribution in [-0.4, -0.2) is 77.3 Å². The molecule has 1 aromatic rings. The standard InChI is InChI=1S/C37H54N4O8/c1-34(2,3)29(40-33(47)49-35(4,5)6)32(46)41-20-23-26(36(23,7)8)27(41)30(44)39-24(18-21-16-17-21)28(43)31(45)38-19-25(42)48-37(9,10)22-14-12-11-13-15-22/h11-15,21,23-24,26-27,29H,16-20H2,1-10H3,(H,38,45)(H,39,44)(H,40,47)/t23-,24?,26-,27-,29+/m0/s1. The van der Waals surface area contributed by atoms with Crippen LogP contribution in [0.1, 0.15) is 94.1 Å². The molecule has 5 atom stereocenters. The summed E-state index contributed by atoms with van der Waals surface area (Å²) in [7, 11) is 0. The lowest BCUT2D eigenvalue weighted by atomic mass is 9.85. The predicted molar refractivity (Wildman–Crippen MR) is 182 cm³/mol. The monoisotopic (exact) mass is 682 g/mol. The highest BCUT2D eigenvalue weighted by molar-refractivity contribution is 6.38. The van der Waals surface area contributed by atoms with E-state index in [4.69, 9.17) is 9.47 Å². The molecule has 4 rings (SSSR count). The van der Waals surface area contributed by atoms with Gasteiger partial charge in [0, 0.05) is 6.54 Å². The number of hydrogen-bond acceptors (Lipinski definition) is 8. The number of piperidine rings is 1. The summed E-state index contributed by atoms with van der Waals surface area (Å²) >= 11 is 0. The minimum Gasteiger partial charge on any atom is -0.453 e. The molecular formula is C37H54N4O8. The first-order valence-electron chi connectivity index (χ1n) is 17.2. The zero-order valence-corrected chi connectivity index (χ0v) is 30.6. The van der Waals surface area contributed by atoms with Gasteiger partial charge in [0.1, 0.15) is 29.8 Å². The van der Waals surface area contributed by atoms with Crippen molar-refractivity contribution < 1.29 is 38.2 Å². The van der Waals surface area contributed by atoms with Gasteiger partial charge in [0.05, 0.1) is 6.04 Å². The molecule has 1 heterocycles. The van der Waals surface area contributed by atoms with Crippen molar-refractivity contribution in [2.75, 3.05) is 13.1 Å². The average Bonchev–Trinajstić information content (AvgIpc) is 3.84. The number of nitrogens with one attached hydrogen (secondary N) is 3. The minimum atomic E-state index is -1.13. The van der Waals surface area contributed by atoms with E-state index in [1.807, 2.05) is 65.0 Å². The van der Waals surface area contributed by atoms with E-state index in [9.17, 15) is 28.8 Å². The van der Waals surface area contributed by atoms with Gasteiger partial charge < -0.3 is 30.3 Å². The normalized spacial score (nSPS) is 22.6. The van der Waals surface area contributed by atoms with Crippen LogP contribution in [0.3, 0.4) is 0 Å². The molecule has 3 N–H and O–H groups in total. The Labute approximate surface area is 289 Å². The van der Waals surface area contributed by atoms with E-state index in [1.54, 1.807) is 34.6 Å². The van der Waals surface area contributed by atoms with E-state index in [1.165, 1.54) is 4.90 Å². The van der Waals surface area contributed by atoms with Crippen molar-refractivity contribution in [1.82, 2.24) is 20.9 Å². The Morgan fingerprint density at radius 2 is 1.51 bits per heavy atom. The van der Waals surface area contributed by atoms with Gasteiger partial charge in [-0.1, -0.05) is 77.8 Å². The molecule has 1 aromatic carbocycles. The lowest BCUT2D eigenvalue weighted by Gasteiger charge is -2.38. The first-order chi connectivity index (χ1) is 22.5. The van der Waals surface area contributed by atoms with Gasteiger partial charge in [0.15, 0.2) is 0 Å². The van der Waals surface area contributed by atoms with Gasteiger partial charge in [-0.15, -0.1) is 0 Å². The number of ether oxygens (including phenoxy) is 2. The highest BCUT2D eigenvalue weighted by Crippen LogP contribution is 2.65. The van der Waals surface area contributed by atoms with Crippen LogP contribution < -0.4 is 16.0 Å². The SMILES string of the molecule is CC(C)(C)OC(=O)N[C@H](C(=O)N1C[C@H]2[C@@H]([C@H]1C(=O)NC(CC1CC1)C(=O)C(=O)NCC(=O)OC(C)(C)c1ccccc1)C2(C)C)C(C)(C)C. The quantitative estimate of drug-likeness (QED) is 0.221. The number of Topliss-reactive ketones (excluding diaryl/α,β-unsaturated/α-hetero) is 1. The molecule has 0 aromatic heterocycles. The number of rotatable bonds is 12. The first-order valence-corrected chi connectivity index (χ1v) is 17.2. The van der Waals surface area contributed by atoms with Crippen LogP contribution in [0.15, 0.2) is 30.3 Å². The van der Waals surface area contributed by atoms with Crippen LogP contribution in [0.4, 0.5) is 4.79 Å². The molecule has 0 spiro atoms. The van der Waals surface area contributed by atoms with Crippen molar-refractivity contribution in [1.29, 1.82) is 0 Å². The molecule has 0 bridgehead atoms. The summed E-state index contributed by atoms with van der Waals surface area (Å²) in [6.07, 6.45) is 1.28. The summed E-state index contributed by atoms with van der Waals surface area (Å²) in [5, 5.41) is 7.91. The largest absolute Gasteiger partial charge is 0.453 e. The molecule has 3 fully saturated rings. The van der Waals surface area contributed by atoms with Gasteiger partial charge in [-0.2, -0.15) is 0 Å². The van der Waals surface area contributed by atoms with Crippen LogP contribution in [-0.2, 0) is 39.0 Å². The third-order valence-electron chi connectivity index (χ3n) is 9.89. The third kappa shape index (κ3) is 9.19. The fraction of sp³-hybridized carbons (Fsp3) is 0.676. The molecule has 49 heavy (non-hydrogen) atoms. The van der Waals surface area contributed by atoms with Gasteiger partial charge in [0.25, 0.3) is 5.91 Å². The van der Waals surface area contributed by atoms with Crippen LogP contribution in [0.25, 0.3) is 0 Å². The van der Waals surface area contributed by atoms with Crippen LogP contribution in [0.5, 0.6) is 0 Å². The number of alkyl carbamates (subject to hydrolysis) is 1. The number of likely N-dealkylation sites (tertiary alicyclic amines) is 1. The Balaban J connectivity index is 1.45. The molecule has 4 amide bonds. The van der Waals surface area contributed by atoms with E-state index < -0.39 is 76.9 Å². The molecule has 12 nitrogen and oxygen atoms in total. The van der Waals surface area contributed by atoms with Crippen LogP contribution in [0, 0.1) is 28.6 Å². The number of esters is 1. The predicted octanol–water partition coefficient (Wildman–Crippen LogP) is 3.86. The second-order valence-electron chi connectivity index (χ2n) is 17.0. The van der Waals surface area contributed by atoms with Crippen molar-refractivity contribution in [3.05, 3.63) is 35.9 Å². The Morgan fingerprint density at radius 1 is 0.898 bits per heavy atom. The van der Waals surface area contributed by atoms with Crippen molar-refractivity contribution >= 4 is 35.6 Å². The molecule has 1 saturated heterocycles. The number of hydrogen-bond donors (Lipinski definition) is 3. The number of carbonyl (C=O) groups excluding carboxylic acids is 6. The maximum absolute atomic E-state index is 14.1. The minimum absolute atomic E-state index is 0.0568. The molecule has 270 valence electrons. The van der Waals surface area contributed by atoms with E-state index in [2.05, 4.69) is 16.0 Å². The molecule has 1 unspecified atom stereocenters. The molecule has 2 saturated carbocycles. The van der Waals surface area contributed by atoms with E-state index in [0.29, 0.717) is 6.54 Å². The van der Waals surface area contributed by atoms with E-state index in [-0.39, 0.29) is 29.6 Å². The highest BCUT2D eigenvalue weighted by atomic mass is 16.6. The summed E-state index contributed by atoms with van der Waals surface area (Å²) < 4.78 is 11.0. The number of ketones is 1. The molecule has 1 aliphatic heterocycles. The zero-order chi connectivity index (χ0) is 36.7. The maximum atomic E-state index is 14.1. The number of benzene rings is 1.